The molecule has 0 aromatic rings. The van der Waals surface area contributed by atoms with E-state index in [0.29, 0.717) is 19.4 Å². The van der Waals surface area contributed by atoms with Crippen molar-refractivity contribution in [1.82, 2.24) is 4.90 Å². The van der Waals surface area contributed by atoms with Gasteiger partial charge in [-0.2, -0.15) is 0 Å². The largest absolute Gasteiger partial charge is 0.463 e. The first-order chi connectivity index (χ1) is 8.04. The van der Waals surface area contributed by atoms with E-state index in [1.165, 1.54) is 17.1 Å². The standard InChI is InChI=1S/C12H17NO4/c1-3-17-12(16)5-4-6-13-10(14)7-9(2)8-11(13)15/h4-5,9H,3,6-8H2,1-2H3/b5-4+. The van der Waals surface area contributed by atoms with Gasteiger partial charge in [-0.25, -0.2) is 4.79 Å². The van der Waals surface area contributed by atoms with Crippen molar-refractivity contribution in [2.75, 3.05) is 13.2 Å². The summed E-state index contributed by atoms with van der Waals surface area (Å²) in [6.07, 6.45) is 3.49. The highest BCUT2D eigenvalue weighted by molar-refractivity contribution is 5.98. The lowest BCUT2D eigenvalue weighted by molar-refractivity contribution is -0.149. The molecule has 0 spiro atoms. The van der Waals surface area contributed by atoms with E-state index in [-0.39, 0.29) is 24.3 Å². The Bertz CT molecular complexity index is 330. The first-order valence-corrected chi connectivity index (χ1v) is 5.71. The number of rotatable bonds is 4. The highest BCUT2D eigenvalue weighted by atomic mass is 16.5. The maximum absolute atomic E-state index is 11.6. The lowest BCUT2D eigenvalue weighted by Crippen LogP contribution is -2.42. The summed E-state index contributed by atoms with van der Waals surface area (Å²) in [5, 5.41) is 0. The predicted octanol–water partition coefficient (Wildman–Crippen LogP) is 0.891. The number of carbonyl (C=O) groups is 3. The minimum absolute atomic E-state index is 0.111. The quantitative estimate of drug-likeness (QED) is 0.415. The van der Waals surface area contributed by atoms with Crippen molar-refractivity contribution < 1.29 is 19.1 Å². The van der Waals surface area contributed by atoms with Crippen molar-refractivity contribution in [3.63, 3.8) is 0 Å². The van der Waals surface area contributed by atoms with E-state index in [0.717, 1.165) is 0 Å². The smallest absolute Gasteiger partial charge is 0.330 e. The minimum Gasteiger partial charge on any atom is -0.463 e. The molecule has 5 nitrogen and oxygen atoms in total. The van der Waals surface area contributed by atoms with Gasteiger partial charge in [0.15, 0.2) is 0 Å². The molecule has 94 valence electrons. The monoisotopic (exact) mass is 239 g/mol. The molecule has 1 heterocycles. The predicted molar refractivity (Wildman–Crippen MR) is 60.9 cm³/mol. The van der Waals surface area contributed by atoms with Gasteiger partial charge >= 0.3 is 5.97 Å². The van der Waals surface area contributed by atoms with Crippen molar-refractivity contribution in [3.05, 3.63) is 12.2 Å². The van der Waals surface area contributed by atoms with Gasteiger partial charge in [-0.1, -0.05) is 13.0 Å². The van der Waals surface area contributed by atoms with Crippen LogP contribution >= 0.6 is 0 Å². The molecule has 0 aromatic heterocycles. The third-order valence-electron chi connectivity index (χ3n) is 2.48. The van der Waals surface area contributed by atoms with Crippen LogP contribution in [-0.4, -0.2) is 35.8 Å². The molecular formula is C12H17NO4. The Labute approximate surface area is 100 Å². The van der Waals surface area contributed by atoms with E-state index in [1.54, 1.807) is 6.92 Å². The Morgan fingerprint density at radius 3 is 2.53 bits per heavy atom. The molecule has 1 saturated heterocycles. The highest BCUT2D eigenvalue weighted by Gasteiger charge is 2.29. The number of hydrogen-bond acceptors (Lipinski definition) is 4. The number of hydrogen-bond donors (Lipinski definition) is 0. The summed E-state index contributed by atoms with van der Waals surface area (Å²) >= 11 is 0. The number of ether oxygens (including phenoxy) is 1. The molecule has 1 rings (SSSR count). The fourth-order valence-corrected chi connectivity index (χ4v) is 1.68. The third kappa shape index (κ3) is 4.01. The van der Waals surface area contributed by atoms with Crippen LogP contribution in [0.4, 0.5) is 0 Å². The van der Waals surface area contributed by atoms with Gasteiger partial charge in [-0.05, 0) is 12.8 Å². The average Bonchev–Trinajstić information content (AvgIpc) is 2.22. The number of likely N-dealkylation sites (tertiary alicyclic amines) is 1. The molecule has 2 amide bonds. The molecule has 1 aliphatic heterocycles. The Balaban J connectivity index is 2.48. The van der Waals surface area contributed by atoms with Gasteiger partial charge in [-0.3, -0.25) is 14.5 Å². The first kappa shape index (κ1) is 13.4. The van der Waals surface area contributed by atoms with Gasteiger partial charge in [0.2, 0.25) is 11.8 Å². The van der Waals surface area contributed by atoms with Crippen molar-refractivity contribution >= 4 is 17.8 Å². The van der Waals surface area contributed by atoms with Crippen molar-refractivity contribution in [3.8, 4) is 0 Å². The number of imide groups is 1. The van der Waals surface area contributed by atoms with E-state index in [1.807, 2.05) is 6.92 Å². The third-order valence-corrected chi connectivity index (χ3v) is 2.48. The van der Waals surface area contributed by atoms with Crippen LogP contribution in [0.1, 0.15) is 26.7 Å². The molecule has 0 unspecified atom stereocenters. The SMILES string of the molecule is CCOC(=O)/C=C/CN1C(=O)CC(C)CC1=O. The molecule has 0 bridgehead atoms. The van der Waals surface area contributed by atoms with Crippen LogP contribution < -0.4 is 0 Å². The summed E-state index contributed by atoms with van der Waals surface area (Å²) in [6, 6.07) is 0. The lowest BCUT2D eigenvalue weighted by Gasteiger charge is -2.27. The first-order valence-electron chi connectivity index (χ1n) is 5.71. The molecule has 0 N–H and O–H groups in total. The fraction of sp³-hybridized carbons (Fsp3) is 0.583. The number of piperidine rings is 1. The Morgan fingerprint density at radius 1 is 1.41 bits per heavy atom. The summed E-state index contributed by atoms with van der Waals surface area (Å²) in [7, 11) is 0. The maximum Gasteiger partial charge on any atom is 0.330 e. The zero-order valence-corrected chi connectivity index (χ0v) is 10.1. The molecule has 0 saturated carbocycles. The van der Waals surface area contributed by atoms with Gasteiger partial charge in [0.25, 0.3) is 0 Å². The summed E-state index contributed by atoms with van der Waals surface area (Å²) in [5.74, 6) is -0.706. The lowest BCUT2D eigenvalue weighted by atomic mass is 9.98. The summed E-state index contributed by atoms with van der Waals surface area (Å²) < 4.78 is 4.69. The van der Waals surface area contributed by atoms with E-state index < -0.39 is 5.97 Å². The Hall–Kier alpha value is -1.65. The van der Waals surface area contributed by atoms with E-state index >= 15 is 0 Å². The zero-order valence-electron chi connectivity index (χ0n) is 10.1. The molecule has 0 aliphatic carbocycles. The van der Waals surface area contributed by atoms with Gasteiger partial charge < -0.3 is 4.74 Å². The summed E-state index contributed by atoms with van der Waals surface area (Å²) in [5.41, 5.74) is 0. The normalized spacial score (nSPS) is 17.9. The van der Waals surface area contributed by atoms with Crippen LogP contribution in [0.3, 0.4) is 0 Å². The van der Waals surface area contributed by atoms with Gasteiger partial charge in [0.05, 0.1) is 6.61 Å². The molecule has 1 fully saturated rings. The topological polar surface area (TPSA) is 63.7 Å². The summed E-state index contributed by atoms with van der Waals surface area (Å²) in [6.45, 7) is 4.04. The van der Waals surface area contributed by atoms with Gasteiger partial charge in [0.1, 0.15) is 0 Å². The van der Waals surface area contributed by atoms with Crippen LogP contribution in [0.5, 0.6) is 0 Å². The van der Waals surface area contributed by atoms with Crippen LogP contribution in [0.25, 0.3) is 0 Å². The maximum atomic E-state index is 11.6. The second kappa shape index (κ2) is 6.18. The number of carbonyl (C=O) groups excluding carboxylic acids is 3. The van der Waals surface area contributed by atoms with Crippen molar-refractivity contribution in [2.45, 2.75) is 26.7 Å². The van der Waals surface area contributed by atoms with E-state index in [4.69, 9.17) is 0 Å². The summed E-state index contributed by atoms with van der Waals surface area (Å²) in [4.78, 5) is 35.3. The fourth-order valence-electron chi connectivity index (χ4n) is 1.68. The van der Waals surface area contributed by atoms with Gasteiger partial charge in [-0.15, -0.1) is 0 Å². The average molecular weight is 239 g/mol. The molecule has 0 aromatic carbocycles. The van der Waals surface area contributed by atoms with Crippen LogP contribution in [-0.2, 0) is 19.1 Å². The molecule has 0 radical (unpaired) electrons. The second-order valence-electron chi connectivity index (χ2n) is 4.07. The number of nitrogens with zero attached hydrogens (tertiary/aromatic N) is 1. The van der Waals surface area contributed by atoms with E-state index in [2.05, 4.69) is 4.74 Å². The van der Waals surface area contributed by atoms with Crippen molar-refractivity contribution in [2.24, 2.45) is 5.92 Å². The molecule has 5 heteroatoms. The molecule has 1 aliphatic rings. The van der Waals surface area contributed by atoms with E-state index in [9.17, 15) is 14.4 Å². The van der Waals surface area contributed by atoms with Gasteiger partial charge in [0, 0.05) is 25.5 Å². The second-order valence-corrected chi connectivity index (χ2v) is 4.07. The Morgan fingerprint density at radius 2 is 2.00 bits per heavy atom. The number of amides is 2. The van der Waals surface area contributed by atoms with Crippen molar-refractivity contribution in [1.29, 1.82) is 0 Å². The molecule has 17 heavy (non-hydrogen) atoms. The zero-order chi connectivity index (χ0) is 12.8. The van der Waals surface area contributed by atoms with Crippen LogP contribution in [0.15, 0.2) is 12.2 Å². The molecular weight excluding hydrogens is 222 g/mol. The van der Waals surface area contributed by atoms with Crippen LogP contribution in [0.2, 0.25) is 0 Å². The van der Waals surface area contributed by atoms with Crippen LogP contribution in [0, 0.1) is 5.92 Å². The molecule has 0 atom stereocenters. The highest BCUT2D eigenvalue weighted by Crippen LogP contribution is 2.18. The minimum atomic E-state index is -0.460. The Kier molecular flexibility index (Phi) is 4.87. The number of esters is 1.